The van der Waals surface area contributed by atoms with Crippen molar-refractivity contribution >= 4 is 5.95 Å². The molecule has 0 fully saturated rings. The van der Waals surface area contributed by atoms with Crippen LogP contribution in [0.4, 0.5) is 5.95 Å². The molecule has 0 spiro atoms. The smallest absolute Gasteiger partial charge is 0.0199 e. The van der Waals surface area contributed by atoms with Crippen molar-refractivity contribution in [2.75, 3.05) is 0 Å². The van der Waals surface area contributed by atoms with Gasteiger partial charge in [0.05, 0.1) is 0 Å². The van der Waals surface area contributed by atoms with E-state index in [4.69, 9.17) is 5.73 Å². The third kappa shape index (κ3) is 0.855. The first kappa shape index (κ1) is 4.05. The summed E-state index contributed by atoms with van der Waals surface area (Å²) in [4.78, 5) is 7.07. The molecule has 0 saturated carbocycles. The molecule has 0 aliphatic carbocycles. The molecule has 0 aliphatic rings. The van der Waals surface area contributed by atoms with Gasteiger partial charge in [-0.05, 0) is 12.4 Å². The van der Waals surface area contributed by atoms with Crippen LogP contribution in [0.3, 0.4) is 0 Å². The summed E-state index contributed by atoms with van der Waals surface area (Å²) in [5.74, 6) is 0.0718. The Kier molecular flexibility index (Phi) is 0.898. The van der Waals surface area contributed by atoms with Gasteiger partial charge in [0, 0.05) is 5.95 Å². The molecule has 0 saturated heterocycles. The molecule has 0 atom stereocenters. The molecule has 7 heavy (non-hydrogen) atoms. The molecule has 36 valence electrons. The number of hydrogen-bond acceptors (Lipinski definition) is 2. The molecule has 1 heterocycles. The second-order valence-electron chi connectivity index (χ2n) is 1.07. The maximum atomic E-state index is 6.77. The number of hydrogen-bond donors (Lipinski definition) is 0. The van der Waals surface area contributed by atoms with Crippen molar-refractivity contribution in [2.45, 2.75) is 0 Å². The van der Waals surface area contributed by atoms with Crippen LogP contribution in [0.2, 0.25) is 0 Å². The van der Waals surface area contributed by atoms with Gasteiger partial charge in [0.1, 0.15) is 0 Å². The highest BCUT2D eigenvalue weighted by Crippen LogP contribution is 1.92. The lowest BCUT2D eigenvalue weighted by molar-refractivity contribution is 1.21. The normalized spacial score (nSPS) is 8.57. The first-order valence-electron chi connectivity index (χ1n) is 1.88. The lowest BCUT2D eigenvalue weighted by Gasteiger charge is -1.94. The Morgan fingerprint density at radius 3 is 2.14 bits per heavy atom. The van der Waals surface area contributed by atoms with E-state index in [0.717, 1.165) is 0 Å². The standard InChI is InChI=1S/C4H4N3/c5-4-6-2-1-3-7-4/h1-3H,(H-,5,6,7)/q-1. The van der Waals surface area contributed by atoms with Crippen molar-refractivity contribution in [1.82, 2.24) is 9.97 Å². The number of rotatable bonds is 0. The van der Waals surface area contributed by atoms with Gasteiger partial charge in [-0.2, -0.15) is 0 Å². The first-order valence-corrected chi connectivity index (χ1v) is 1.88. The van der Waals surface area contributed by atoms with Crippen LogP contribution >= 0.6 is 0 Å². The average Bonchev–Trinajstić information content (AvgIpc) is 1.69. The largest absolute Gasteiger partial charge is 0.410 e. The van der Waals surface area contributed by atoms with Crippen LogP contribution < -0.4 is 0 Å². The molecule has 1 aromatic heterocycles. The van der Waals surface area contributed by atoms with Gasteiger partial charge in [-0.1, -0.05) is 6.07 Å². The Hall–Kier alpha value is -1.12. The van der Waals surface area contributed by atoms with Crippen LogP contribution in [0.25, 0.3) is 5.73 Å². The summed E-state index contributed by atoms with van der Waals surface area (Å²) in [6, 6.07) is 1.68. The highest BCUT2D eigenvalue weighted by molar-refractivity contribution is 5.18. The van der Waals surface area contributed by atoms with Crippen LogP contribution in [0, 0.1) is 0 Å². The Morgan fingerprint density at radius 1 is 1.29 bits per heavy atom. The summed E-state index contributed by atoms with van der Waals surface area (Å²) >= 11 is 0. The second-order valence-corrected chi connectivity index (χ2v) is 1.07. The molecular formula is C4H4N3-. The zero-order chi connectivity index (χ0) is 5.11. The van der Waals surface area contributed by atoms with Crippen molar-refractivity contribution in [1.29, 1.82) is 0 Å². The van der Waals surface area contributed by atoms with Crippen LogP contribution in [-0.2, 0) is 0 Å². The zero-order valence-electron chi connectivity index (χ0n) is 3.63. The molecule has 0 aromatic carbocycles. The molecule has 1 N–H and O–H groups in total. The Labute approximate surface area is 41.2 Å². The fourth-order valence-electron chi connectivity index (χ4n) is 0.299. The van der Waals surface area contributed by atoms with Crippen LogP contribution in [0.5, 0.6) is 0 Å². The SMILES string of the molecule is [NH-]c1ncccn1. The third-order valence-electron chi connectivity index (χ3n) is 0.566. The molecule has 3 nitrogen and oxygen atoms in total. The molecule has 0 radical (unpaired) electrons. The minimum atomic E-state index is 0.0718. The van der Waals surface area contributed by atoms with Gasteiger partial charge in [0.2, 0.25) is 0 Å². The minimum Gasteiger partial charge on any atom is -0.410 e. The van der Waals surface area contributed by atoms with Crippen molar-refractivity contribution in [3.8, 4) is 0 Å². The summed E-state index contributed by atoms with van der Waals surface area (Å²) in [6.07, 6.45) is 3.07. The predicted octanol–water partition coefficient (Wildman–Crippen LogP) is 1.16. The Bertz CT molecular complexity index is 137. The highest BCUT2D eigenvalue weighted by atomic mass is 15.0. The monoisotopic (exact) mass is 94.0 g/mol. The summed E-state index contributed by atoms with van der Waals surface area (Å²) in [5, 5.41) is 0. The molecular weight excluding hydrogens is 90.1 g/mol. The van der Waals surface area contributed by atoms with Crippen LogP contribution in [0.1, 0.15) is 0 Å². The maximum Gasteiger partial charge on any atom is 0.0199 e. The number of nitrogens with zero attached hydrogens (tertiary/aromatic N) is 2. The summed E-state index contributed by atoms with van der Waals surface area (Å²) in [5.41, 5.74) is 6.77. The van der Waals surface area contributed by atoms with E-state index in [1.54, 1.807) is 6.07 Å². The number of aromatic nitrogens is 2. The first-order chi connectivity index (χ1) is 3.39. The second kappa shape index (κ2) is 1.55. The van der Waals surface area contributed by atoms with Crippen molar-refractivity contribution < 1.29 is 0 Å². The van der Waals surface area contributed by atoms with Gasteiger partial charge in [-0.15, -0.1) is 0 Å². The molecule has 0 bridgehead atoms. The molecule has 0 unspecified atom stereocenters. The van der Waals surface area contributed by atoms with Gasteiger partial charge in [0.15, 0.2) is 0 Å². The fourth-order valence-corrected chi connectivity index (χ4v) is 0.299. The van der Waals surface area contributed by atoms with Gasteiger partial charge in [-0.25, -0.2) is 0 Å². The van der Waals surface area contributed by atoms with Gasteiger partial charge < -0.3 is 15.7 Å². The van der Waals surface area contributed by atoms with E-state index >= 15 is 0 Å². The summed E-state index contributed by atoms with van der Waals surface area (Å²) < 4.78 is 0. The van der Waals surface area contributed by atoms with Gasteiger partial charge in [-0.3, -0.25) is 0 Å². The van der Waals surface area contributed by atoms with Crippen molar-refractivity contribution in [3.63, 3.8) is 0 Å². The van der Waals surface area contributed by atoms with Crippen molar-refractivity contribution in [3.05, 3.63) is 24.2 Å². The molecule has 0 aliphatic heterocycles. The lowest BCUT2D eigenvalue weighted by Crippen LogP contribution is -1.70. The fraction of sp³-hybridized carbons (Fsp3) is 0. The van der Waals surface area contributed by atoms with E-state index < -0.39 is 0 Å². The van der Waals surface area contributed by atoms with E-state index in [1.165, 1.54) is 12.4 Å². The number of nitrogens with one attached hydrogen (secondary N) is 1. The molecule has 3 heteroatoms. The van der Waals surface area contributed by atoms with Gasteiger partial charge in [0.25, 0.3) is 0 Å². The highest BCUT2D eigenvalue weighted by Gasteiger charge is 1.62. The average molecular weight is 94.1 g/mol. The summed E-state index contributed by atoms with van der Waals surface area (Å²) in [7, 11) is 0. The Balaban J connectivity index is 3.02. The van der Waals surface area contributed by atoms with Crippen LogP contribution in [0.15, 0.2) is 18.5 Å². The van der Waals surface area contributed by atoms with Crippen LogP contribution in [-0.4, -0.2) is 9.97 Å². The topological polar surface area (TPSA) is 49.6 Å². The molecule has 1 rings (SSSR count). The van der Waals surface area contributed by atoms with Gasteiger partial charge >= 0.3 is 0 Å². The predicted molar refractivity (Wildman–Crippen MR) is 26.0 cm³/mol. The minimum absolute atomic E-state index is 0.0718. The van der Waals surface area contributed by atoms with E-state index in [0.29, 0.717) is 0 Å². The van der Waals surface area contributed by atoms with E-state index in [1.807, 2.05) is 0 Å². The zero-order valence-corrected chi connectivity index (χ0v) is 3.63. The Morgan fingerprint density at radius 2 is 1.86 bits per heavy atom. The molecule has 0 amide bonds. The third-order valence-corrected chi connectivity index (χ3v) is 0.566. The van der Waals surface area contributed by atoms with E-state index in [2.05, 4.69) is 9.97 Å². The maximum absolute atomic E-state index is 6.77. The summed E-state index contributed by atoms with van der Waals surface area (Å²) in [6.45, 7) is 0. The van der Waals surface area contributed by atoms with Crippen molar-refractivity contribution in [2.24, 2.45) is 0 Å². The van der Waals surface area contributed by atoms with E-state index in [-0.39, 0.29) is 5.95 Å². The lowest BCUT2D eigenvalue weighted by atomic mass is 10.7. The molecule has 1 aromatic rings. The quantitative estimate of drug-likeness (QED) is 0.484. The van der Waals surface area contributed by atoms with E-state index in [9.17, 15) is 0 Å².